The summed E-state index contributed by atoms with van der Waals surface area (Å²) in [4.78, 5) is 0. The first kappa shape index (κ1) is 19.3. The summed E-state index contributed by atoms with van der Waals surface area (Å²) in [5, 5.41) is 2.70. The maximum absolute atomic E-state index is 6.10. The number of ether oxygens (including phenoxy) is 2. The Bertz CT molecular complexity index is 681. The average molecular weight is 357 g/mol. The largest absolute Gasteiger partial charge is 0.378 e. The topological polar surface area (TPSA) is 18.5 Å². The molecule has 0 N–H and O–H groups in total. The fraction of sp³-hybridized carbons (Fsp3) is 0.565. The van der Waals surface area contributed by atoms with Crippen LogP contribution >= 0.6 is 0 Å². The summed E-state index contributed by atoms with van der Waals surface area (Å²) in [5.41, 5.74) is 1.43. The lowest BCUT2D eigenvalue weighted by Crippen LogP contribution is -2.38. The highest BCUT2D eigenvalue weighted by Gasteiger charge is 2.22. The molecule has 1 aliphatic heterocycles. The van der Waals surface area contributed by atoms with Gasteiger partial charge in [-0.05, 0) is 47.9 Å². The lowest BCUT2D eigenvalue weighted by molar-refractivity contribution is -0.870. The fourth-order valence-electron chi connectivity index (χ4n) is 3.78. The second-order valence-corrected chi connectivity index (χ2v) is 8.67. The predicted octanol–water partition coefficient (Wildman–Crippen LogP) is 4.29. The Labute approximate surface area is 158 Å². The Hall–Kier alpha value is -1.42. The normalized spacial score (nSPS) is 19.1. The summed E-state index contributed by atoms with van der Waals surface area (Å²) in [6, 6.07) is 15.3. The van der Waals surface area contributed by atoms with E-state index in [9.17, 15) is 0 Å². The zero-order chi connectivity index (χ0) is 18.4. The van der Waals surface area contributed by atoms with Crippen LogP contribution in [-0.4, -0.2) is 58.1 Å². The van der Waals surface area contributed by atoms with E-state index >= 15 is 0 Å². The molecule has 2 aromatic rings. The third-order valence-corrected chi connectivity index (χ3v) is 5.27. The highest BCUT2D eigenvalue weighted by molar-refractivity contribution is 5.85. The molecule has 142 valence electrons. The lowest BCUT2D eigenvalue weighted by Gasteiger charge is -2.25. The Morgan fingerprint density at radius 2 is 1.92 bits per heavy atom. The van der Waals surface area contributed by atoms with Gasteiger partial charge in [0.2, 0.25) is 0 Å². The lowest BCUT2D eigenvalue weighted by atomic mass is 9.91. The number of hydrogen-bond acceptors (Lipinski definition) is 2. The number of quaternary nitrogens is 1. The van der Waals surface area contributed by atoms with E-state index in [0.29, 0.717) is 12.0 Å². The van der Waals surface area contributed by atoms with Gasteiger partial charge in [-0.1, -0.05) is 42.5 Å². The predicted molar refractivity (Wildman–Crippen MR) is 108 cm³/mol. The molecule has 1 fully saturated rings. The van der Waals surface area contributed by atoms with E-state index in [2.05, 4.69) is 63.6 Å². The Morgan fingerprint density at radius 3 is 2.69 bits per heavy atom. The van der Waals surface area contributed by atoms with Gasteiger partial charge in [-0.2, -0.15) is 0 Å². The van der Waals surface area contributed by atoms with Crippen molar-refractivity contribution in [2.45, 2.75) is 31.8 Å². The monoisotopic (exact) mass is 356 g/mol. The molecule has 1 heterocycles. The van der Waals surface area contributed by atoms with Crippen molar-refractivity contribution in [1.29, 1.82) is 0 Å². The SMILES string of the molecule is C[N+](C)(C)CCOCC(Cc1cccc2ccccc12)CC1CCCO1. The van der Waals surface area contributed by atoms with E-state index in [1.165, 1.54) is 29.2 Å². The smallest absolute Gasteiger partial charge is 0.102 e. The second kappa shape index (κ2) is 8.98. The molecule has 26 heavy (non-hydrogen) atoms. The van der Waals surface area contributed by atoms with Crippen molar-refractivity contribution in [3.8, 4) is 0 Å². The van der Waals surface area contributed by atoms with Crippen LogP contribution in [0.4, 0.5) is 0 Å². The van der Waals surface area contributed by atoms with Crippen molar-refractivity contribution in [2.24, 2.45) is 5.92 Å². The standard InChI is InChI=1S/C23H34NO2/c1-24(2,3)13-15-25-18-19(17-22-11-7-14-26-22)16-21-10-6-9-20-8-4-5-12-23(20)21/h4-6,8-10,12,19,22H,7,11,13-18H2,1-3H3/q+1. The van der Waals surface area contributed by atoms with Crippen LogP contribution in [0, 0.1) is 5.92 Å². The third kappa shape index (κ3) is 5.80. The van der Waals surface area contributed by atoms with Crippen molar-refractivity contribution in [3.05, 3.63) is 48.0 Å². The molecule has 0 amide bonds. The molecule has 0 aliphatic carbocycles. The molecule has 2 atom stereocenters. The van der Waals surface area contributed by atoms with Gasteiger partial charge in [-0.15, -0.1) is 0 Å². The van der Waals surface area contributed by atoms with Crippen molar-refractivity contribution in [1.82, 2.24) is 0 Å². The molecule has 0 aromatic heterocycles. The summed E-state index contributed by atoms with van der Waals surface area (Å²) >= 11 is 0. The Kier molecular flexibility index (Phi) is 6.68. The molecule has 3 rings (SSSR count). The zero-order valence-electron chi connectivity index (χ0n) is 16.6. The van der Waals surface area contributed by atoms with Crippen LogP contribution in [0.2, 0.25) is 0 Å². The van der Waals surface area contributed by atoms with Crippen LogP contribution in [0.5, 0.6) is 0 Å². The minimum absolute atomic E-state index is 0.414. The number of fused-ring (bicyclic) bond motifs is 1. The fourth-order valence-corrected chi connectivity index (χ4v) is 3.78. The van der Waals surface area contributed by atoms with Crippen LogP contribution in [0.15, 0.2) is 42.5 Å². The summed E-state index contributed by atoms with van der Waals surface area (Å²) in [6.45, 7) is 3.61. The van der Waals surface area contributed by atoms with Gasteiger partial charge in [0.15, 0.2) is 0 Å². The minimum Gasteiger partial charge on any atom is -0.378 e. The Morgan fingerprint density at radius 1 is 1.12 bits per heavy atom. The highest BCUT2D eigenvalue weighted by Crippen LogP contribution is 2.26. The van der Waals surface area contributed by atoms with Crippen molar-refractivity contribution < 1.29 is 14.0 Å². The number of rotatable bonds is 9. The van der Waals surface area contributed by atoms with Gasteiger partial charge in [0, 0.05) is 6.61 Å². The van der Waals surface area contributed by atoms with E-state index in [4.69, 9.17) is 9.47 Å². The maximum atomic E-state index is 6.10. The first-order chi connectivity index (χ1) is 12.5. The molecular formula is C23H34NO2+. The molecule has 1 saturated heterocycles. The van der Waals surface area contributed by atoms with Crippen LogP contribution in [0.25, 0.3) is 10.8 Å². The molecule has 3 nitrogen and oxygen atoms in total. The molecule has 0 bridgehead atoms. The maximum Gasteiger partial charge on any atom is 0.102 e. The van der Waals surface area contributed by atoms with Gasteiger partial charge >= 0.3 is 0 Å². The van der Waals surface area contributed by atoms with Crippen LogP contribution in [0.3, 0.4) is 0 Å². The van der Waals surface area contributed by atoms with Gasteiger partial charge in [-0.3, -0.25) is 0 Å². The molecule has 0 radical (unpaired) electrons. The minimum atomic E-state index is 0.414. The summed E-state index contributed by atoms with van der Waals surface area (Å²) in [5.74, 6) is 0.511. The van der Waals surface area contributed by atoms with E-state index in [1.54, 1.807) is 0 Å². The van der Waals surface area contributed by atoms with Crippen molar-refractivity contribution in [2.75, 3.05) is 47.5 Å². The number of benzene rings is 2. The van der Waals surface area contributed by atoms with Gasteiger partial charge in [-0.25, -0.2) is 0 Å². The van der Waals surface area contributed by atoms with E-state index in [0.717, 1.165) is 43.7 Å². The van der Waals surface area contributed by atoms with Crippen LogP contribution in [0.1, 0.15) is 24.8 Å². The average Bonchev–Trinajstić information content (AvgIpc) is 3.11. The molecule has 2 aromatic carbocycles. The molecule has 0 spiro atoms. The summed E-state index contributed by atoms with van der Waals surface area (Å²) in [6.07, 6.45) is 4.98. The van der Waals surface area contributed by atoms with Crippen molar-refractivity contribution in [3.63, 3.8) is 0 Å². The second-order valence-electron chi connectivity index (χ2n) is 8.67. The quantitative estimate of drug-likeness (QED) is 0.493. The molecular weight excluding hydrogens is 322 g/mol. The van der Waals surface area contributed by atoms with E-state index < -0.39 is 0 Å². The van der Waals surface area contributed by atoms with Crippen molar-refractivity contribution >= 4 is 10.8 Å². The van der Waals surface area contributed by atoms with Crippen LogP contribution < -0.4 is 0 Å². The molecule has 2 unspecified atom stereocenters. The number of nitrogens with zero attached hydrogens (tertiary/aromatic N) is 1. The van der Waals surface area contributed by atoms with Gasteiger partial charge < -0.3 is 14.0 Å². The summed E-state index contributed by atoms with van der Waals surface area (Å²) in [7, 11) is 6.63. The molecule has 3 heteroatoms. The molecule has 0 saturated carbocycles. The van der Waals surface area contributed by atoms with Gasteiger partial charge in [0.25, 0.3) is 0 Å². The first-order valence-corrected chi connectivity index (χ1v) is 9.98. The summed E-state index contributed by atoms with van der Waals surface area (Å²) < 4.78 is 12.9. The van der Waals surface area contributed by atoms with E-state index in [-0.39, 0.29) is 0 Å². The molecule has 1 aliphatic rings. The Balaban J connectivity index is 1.65. The highest BCUT2D eigenvalue weighted by atomic mass is 16.5. The number of likely N-dealkylation sites (N-methyl/N-ethyl adjacent to an activating group) is 1. The van der Waals surface area contributed by atoms with Gasteiger partial charge in [0.1, 0.15) is 6.54 Å². The van der Waals surface area contributed by atoms with Crippen LogP contribution in [-0.2, 0) is 15.9 Å². The first-order valence-electron chi connectivity index (χ1n) is 9.98. The zero-order valence-corrected chi connectivity index (χ0v) is 16.6. The van der Waals surface area contributed by atoms with Gasteiger partial charge in [0.05, 0.1) is 40.5 Å². The van der Waals surface area contributed by atoms with E-state index in [1.807, 2.05) is 0 Å². The third-order valence-electron chi connectivity index (χ3n) is 5.27. The number of hydrogen-bond donors (Lipinski definition) is 0.